The molecule has 4 heterocycles. The van der Waals surface area contributed by atoms with Crippen molar-refractivity contribution in [1.29, 1.82) is 0 Å². The van der Waals surface area contributed by atoms with E-state index in [0.717, 1.165) is 10.3 Å². The number of hydrogen-bond donors (Lipinski definition) is 0. The Kier molecular flexibility index (Phi) is 3.73. The summed E-state index contributed by atoms with van der Waals surface area (Å²) >= 11 is 0. The summed E-state index contributed by atoms with van der Waals surface area (Å²) in [4.78, 5) is 22.2. The van der Waals surface area contributed by atoms with Gasteiger partial charge in [-0.25, -0.2) is 0 Å². The molecular weight excluding hydrogens is 383 g/mol. The van der Waals surface area contributed by atoms with Gasteiger partial charge in [-0.15, -0.1) is 0 Å². The number of aromatic nitrogens is 2. The highest BCUT2D eigenvalue weighted by Gasteiger charge is 2.43. The molecule has 2 aliphatic heterocycles. The van der Waals surface area contributed by atoms with Crippen LogP contribution >= 0.6 is 0 Å². The van der Waals surface area contributed by atoms with E-state index in [9.17, 15) is 18.0 Å². The number of carbonyl (C=O) groups excluding carboxylic acids is 1. The van der Waals surface area contributed by atoms with E-state index in [1.54, 1.807) is 18.3 Å². The number of azo groups is 1. The van der Waals surface area contributed by atoms with Gasteiger partial charge in [-0.3, -0.25) is 19.7 Å². The van der Waals surface area contributed by atoms with Crippen molar-refractivity contribution >= 4 is 22.5 Å². The summed E-state index contributed by atoms with van der Waals surface area (Å²) in [6.07, 6.45) is -0.246. The quantitative estimate of drug-likeness (QED) is 0.637. The van der Waals surface area contributed by atoms with Gasteiger partial charge in [0, 0.05) is 28.9 Å². The van der Waals surface area contributed by atoms with Gasteiger partial charge in [-0.2, -0.15) is 23.4 Å². The Morgan fingerprint density at radius 2 is 1.93 bits per heavy atom. The van der Waals surface area contributed by atoms with Crippen molar-refractivity contribution < 1.29 is 18.0 Å². The fourth-order valence-corrected chi connectivity index (χ4v) is 3.66. The van der Waals surface area contributed by atoms with E-state index in [2.05, 4.69) is 20.2 Å². The number of fused-ring (bicyclic) bond motifs is 4. The first-order chi connectivity index (χ1) is 13.9. The lowest BCUT2D eigenvalue weighted by Gasteiger charge is -2.32. The predicted molar refractivity (Wildman–Crippen MR) is 99.1 cm³/mol. The molecule has 0 saturated carbocycles. The SMILES string of the molecule is O=C1C2=CN=NC2c2cnc(-c3cccc4cccnc34)cc2N1CC(F)(F)F. The van der Waals surface area contributed by atoms with Crippen LogP contribution in [-0.2, 0) is 4.79 Å². The van der Waals surface area contributed by atoms with Gasteiger partial charge >= 0.3 is 6.18 Å². The van der Waals surface area contributed by atoms with Crippen molar-refractivity contribution in [2.45, 2.75) is 12.2 Å². The number of pyridine rings is 2. The van der Waals surface area contributed by atoms with Gasteiger partial charge in [0.15, 0.2) is 0 Å². The maximum absolute atomic E-state index is 13.2. The lowest BCUT2D eigenvalue weighted by Crippen LogP contribution is -2.43. The van der Waals surface area contributed by atoms with E-state index in [-0.39, 0.29) is 11.3 Å². The minimum absolute atomic E-state index is 0.114. The molecule has 6 nitrogen and oxygen atoms in total. The fraction of sp³-hybridized carbons (Fsp3) is 0.150. The van der Waals surface area contributed by atoms with Gasteiger partial charge < -0.3 is 0 Å². The smallest absolute Gasteiger partial charge is 0.299 e. The first-order valence-electron chi connectivity index (χ1n) is 8.75. The lowest BCUT2D eigenvalue weighted by molar-refractivity contribution is -0.130. The van der Waals surface area contributed by atoms with Crippen LogP contribution in [-0.4, -0.2) is 28.6 Å². The van der Waals surface area contributed by atoms with Crippen LogP contribution in [0.4, 0.5) is 18.9 Å². The number of benzene rings is 1. The first kappa shape index (κ1) is 17.5. The van der Waals surface area contributed by atoms with Crippen molar-refractivity contribution in [3.63, 3.8) is 0 Å². The highest BCUT2D eigenvalue weighted by molar-refractivity contribution is 6.10. The molecule has 0 spiro atoms. The number of hydrogen-bond acceptors (Lipinski definition) is 5. The minimum atomic E-state index is -4.56. The van der Waals surface area contributed by atoms with E-state index in [1.165, 1.54) is 18.5 Å². The predicted octanol–water partition coefficient (Wildman–Crippen LogP) is 4.60. The monoisotopic (exact) mass is 395 g/mol. The zero-order valence-corrected chi connectivity index (χ0v) is 14.8. The zero-order valence-electron chi connectivity index (χ0n) is 14.8. The van der Waals surface area contributed by atoms with Crippen LogP contribution in [0.5, 0.6) is 0 Å². The summed E-state index contributed by atoms with van der Waals surface area (Å²) in [5.41, 5.74) is 2.43. The van der Waals surface area contributed by atoms with E-state index < -0.39 is 24.7 Å². The summed E-state index contributed by atoms with van der Waals surface area (Å²) in [6, 6.07) is 9.96. The molecule has 29 heavy (non-hydrogen) atoms. The Morgan fingerprint density at radius 3 is 2.76 bits per heavy atom. The Labute approximate surface area is 162 Å². The molecule has 144 valence electrons. The molecule has 0 fully saturated rings. The molecular formula is C20H12F3N5O. The normalized spacial score (nSPS) is 18.0. The molecule has 9 heteroatoms. The van der Waals surface area contributed by atoms with E-state index in [0.29, 0.717) is 22.3 Å². The highest BCUT2D eigenvalue weighted by atomic mass is 19.4. The third-order valence-corrected chi connectivity index (χ3v) is 4.91. The van der Waals surface area contributed by atoms with Crippen LogP contribution in [0.1, 0.15) is 11.6 Å². The fourth-order valence-electron chi connectivity index (χ4n) is 3.66. The van der Waals surface area contributed by atoms with Crippen molar-refractivity contribution in [3.8, 4) is 11.3 Å². The molecule has 0 bridgehead atoms. The van der Waals surface area contributed by atoms with E-state index in [1.807, 2.05) is 18.2 Å². The second-order valence-corrected chi connectivity index (χ2v) is 6.73. The molecule has 2 aliphatic rings. The number of anilines is 1. The summed E-state index contributed by atoms with van der Waals surface area (Å²) in [7, 11) is 0. The van der Waals surface area contributed by atoms with Gasteiger partial charge in [0.25, 0.3) is 5.91 Å². The standard InChI is InChI=1S/C20H12F3N5O/c21-20(22,23)10-28-16-7-15(12-5-1-3-11-4-2-6-24-17(11)12)25-8-13(16)18-14(19(28)29)9-26-27-18/h1-9,18H,10H2. The van der Waals surface area contributed by atoms with Crippen LogP contribution in [0.25, 0.3) is 22.2 Å². The molecule has 1 aromatic carbocycles. The van der Waals surface area contributed by atoms with E-state index in [4.69, 9.17) is 0 Å². The molecule has 0 saturated heterocycles. The summed E-state index contributed by atoms with van der Waals surface area (Å²) in [5, 5.41) is 8.59. The largest absolute Gasteiger partial charge is 0.406 e. The summed E-state index contributed by atoms with van der Waals surface area (Å²) < 4.78 is 39.6. The number of halogens is 3. The van der Waals surface area contributed by atoms with Gasteiger partial charge in [-0.1, -0.05) is 24.3 Å². The maximum Gasteiger partial charge on any atom is 0.406 e. The molecule has 0 radical (unpaired) electrons. The van der Waals surface area contributed by atoms with Gasteiger partial charge in [-0.05, 0) is 12.1 Å². The van der Waals surface area contributed by atoms with Gasteiger partial charge in [0.1, 0.15) is 12.6 Å². The molecule has 1 atom stereocenters. The van der Waals surface area contributed by atoms with Crippen LogP contribution in [0.15, 0.2) is 70.8 Å². The van der Waals surface area contributed by atoms with E-state index >= 15 is 0 Å². The van der Waals surface area contributed by atoms with Crippen LogP contribution < -0.4 is 4.90 Å². The number of alkyl halides is 3. The Balaban J connectivity index is 1.70. The molecule has 5 rings (SSSR count). The number of carbonyl (C=O) groups is 1. The molecule has 3 aromatic rings. The number of nitrogens with zero attached hydrogens (tertiary/aromatic N) is 5. The number of rotatable bonds is 2. The molecule has 2 aromatic heterocycles. The highest BCUT2D eigenvalue weighted by Crippen LogP contribution is 2.44. The van der Waals surface area contributed by atoms with Crippen molar-refractivity contribution in [2.75, 3.05) is 11.4 Å². The third-order valence-electron chi connectivity index (χ3n) is 4.91. The number of para-hydroxylation sites is 1. The van der Waals surface area contributed by atoms with Crippen molar-refractivity contribution in [1.82, 2.24) is 9.97 Å². The van der Waals surface area contributed by atoms with Crippen LogP contribution in [0.2, 0.25) is 0 Å². The maximum atomic E-state index is 13.2. The second kappa shape index (κ2) is 6.20. The zero-order chi connectivity index (χ0) is 20.2. The number of amides is 1. The average molecular weight is 395 g/mol. The lowest BCUT2D eigenvalue weighted by atomic mass is 9.93. The Hall–Kier alpha value is -3.62. The molecule has 0 N–H and O–H groups in total. The minimum Gasteiger partial charge on any atom is -0.299 e. The van der Waals surface area contributed by atoms with Crippen LogP contribution in [0, 0.1) is 0 Å². The third kappa shape index (κ3) is 2.86. The van der Waals surface area contributed by atoms with Gasteiger partial charge in [0.2, 0.25) is 0 Å². The van der Waals surface area contributed by atoms with Crippen molar-refractivity contribution in [2.24, 2.45) is 10.2 Å². The van der Waals surface area contributed by atoms with Crippen molar-refractivity contribution in [3.05, 3.63) is 66.1 Å². The van der Waals surface area contributed by atoms with Crippen LogP contribution in [0.3, 0.4) is 0 Å². The topological polar surface area (TPSA) is 70.8 Å². The summed E-state index contributed by atoms with van der Waals surface area (Å²) in [6.45, 7) is -1.40. The average Bonchev–Trinajstić information content (AvgIpc) is 3.20. The Bertz CT molecular complexity index is 1210. The molecule has 1 unspecified atom stereocenters. The Morgan fingerprint density at radius 1 is 1.10 bits per heavy atom. The second-order valence-electron chi connectivity index (χ2n) is 6.73. The summed E-state index contributed by atoms with van der Waals surface area (Å²) in [5.74, 6) is -0.752. The molecule has 1 amide bonds. The van der Waals surface area contributed by atoms with Gasteiger partial charge in [0.05, 0.1) is 28.7 Å². The first-order valence-corrected chi connectivity index (χ1v) is 8.75. The molecule has 0 aliphatic carbocycles.